The van der Waals surface area contributed by atoms with Gasteiger partial charge in [0.2, 0.25) is 0 Å². The van der Waals surface area contributed by atoms with Crippen LogP contribution in [0.5, 0.6) is 0 Å². The van der Waals surface area contributed by atoms with Crippen molar-refractivity contribution >= 4 is 5.82 Å². The lowest BCUT2D eigenvalue weighted by Crippen LogP contribution is -2.45. The van der Waals surface area contributed by atoms with Crippen molar-refractivity contribution in [1.82, 2.24) is 9.97 Å². The molecule has 2 fully saturated rings. The first-order valence-electron chi connectivity index (χ1n) is 7.55. The van der Waals surface area contributed by atoms with E-state index in [9.17, 15) is 5.11 Å². The van der Waals surface area contributed by atoms with E-state index in [2.05, 4.69) is 27.5 Å². The maximum atomic E-state index is 9.78. The van der Waals surface area contributed by atoms with Gasteiger partial charge in [-0.3, -0.25) is 0 Å². The maximum absolute atomic E-state index is 9.78. The number of rotatable bonds is 5. The van der Waals surface area contributed by atoms with Crippen LogP contribution in [-0.2, 0) is 0 Å². The zero-order chi connectivity index (χ0) is 14.0. The Labute approximate surface area is 120 Å². The molecule has 3 rings (SSSR count). The molecule has 20 heavy (non-hydrogen) atoms. The van der Waals surface area contributed by atoms with E-state index in [1.165, 1.54) is 18.5 Å². The molecular formula is C16H23N3O. The molecule has 4 nitrogen and oxygen atoms in total. The minimum atomic E-state index is -0.0509. The van der Waals surface area contributed by atoms with Gasteiger partial charge in [-0.15, -0.1) is 6.58 Å². The average molecular weight is 273 g/mol. The van der Waals surface area contributed by atoms with Crippen LogP contribution in [-0.4, -0.2) is 34.8 Å². The van der Waals surface area contributed by atoms with E-state index in [1.807, 2.05) is 6.08 Å². The van der Waals surface area contributed by atoms with Crippen molar-refractivity contribution in [2.75, 3.05) is 24.6 Å². The lowest BCUT2D eigenvalue weighted by molar-refractivity contribution is 0.108. The number of allylic oxidation sites excluding steroid dienone is 1. The van der Waals surface area contributed by atoms with Crippen molar-refractivity contribution in [3.8, 4) is 0 Å². The Bertz CT molecular complexity index is 486. The molecule has 108 valence electrons. The molecule has 0 spiro atoms. The molecule has 1 aliphatic heterocycles. The molecule has 2 heterocycles. The predicted molar refractivity (Wildman–Crippen MR) is 79.8 cm³/mol. The van der Waals surface area contributed by atoms with Crippen molar-refractivity contribution in [3.05, 3.63) is 30.7 Å². The van der Waals surface area contributed by atoms with Gasteiger partial charge in [0.1, 0.15) is 12.1 Å². The fourth-order valence-electron chi connectivity index (χ4n) is 3.21. The standard InChI is InChI=1S/C16H23N3O/c1-2-6-16(11-20)7-3-8-19(10-16)15-9-14(13-4-5-13)17-12-18-15/h2,9,12-13,20H,1,3-8,10-11H2. The highest BCUT2D eigenvalue weighted by atomic mass is 16.3. The third-order valence-corrected chi connectivity index (χ3v) is 4.57. The molecule has 0 aromatic carbocycles. The minimum absolute atomic E-state index is 0.0509. The lowest BCUT2D eigenvalue weighted by Gasteiger charge is -2.42. The van der Waals surface area contributed by atoms with E-state index in [1.54, 1.807) is 6.33 Å². The molecule has 1 aromatic rings. The number of hydrogen-bond donors (Lipinski definition) is 1. The van der Waals surface area contributed by atoms with Crippen LogP contribution in [0.1, 0.15) is 43.7 Å². The van der Waals surface area contributed by atoms with Crippen molar-refractivity contribution in [2.45, 2.75) is 38.0 Å². The van der Waals surface area contributed by atoms with Crippen LogP contribution in [0.15, 0.2) is 25.0 Å². The summed E-state index contributed by atoms with van der Waals surface area (Å²) in [4.78, 5) is 11.1. The summed E-state index contributed by atoms with van der Waals surface area (Å²) >= 11 is 0. The fourth-order valence-corrected chi connectivity index (χ4v) is 3.21. The van der Waals surface area contributed by atoms with E-state index in [-0.39, 0.29) is 12.0 Å². The number of piperidine rings is 1. The monoisotopic (exact) mass is 273 g/mol. The number of aliphatic hydroxyl groups excluding tert-OH is 1. The summed E-state index contributed by atoms with van der Waals surface area (Å²) in [5, 5.41) is 9.78. The zero-order valence-corrected chi connectivity index (χ0v) is 12.0. The smallest absolute Gasteiger partial charge is 0.132 e. The molecule has 0 radical (unpaired) electrons. The van der Waals surface area contributed by atoms with Gasteiger partial charge in [0, 0.05) is 36.2 Å². The van der Waals surface area contributed by atoms with Crippen LogP contribution >= 0.6 is 0 Å². The van der Waals surface area contributed by atoms with Crippen molar-refractivity contribution in [1.29, 1.82) is 0 Å². The summed E-state index contributed by atoms with van der Waals surface area (Å²) in [6.07, 6.45) is 9.15. The highest BCUT2D eigenvalue weighted by Gasteiger charge is 2.35. The van der Waals surface area contributed by atoms with Gasteiger partial charge in [-0.1, -0.05) is 6.08 Å². The summed E-state index contributed by atoms with van der Waals surface area (Å²) in [5.41, 5.74) is 1.13. The first-order chi connectivity index (χ1) is 9.76. The molecule has 1 aromatic heterocycles. The first-order valence-corrected chi connectivity index (χ1v) is 7.55. The van der Waals surface area contributed by atoms with Gasteiger partial charge >= 0.3 is 0 Å². The Balaban J connectivity index is 1.78. The van der Waals surface area contributed by atoms with Gasteiger partial charge in [0.25, 0.3) is 0 Å². The summed E-state index contributed by atoms with van der Waals surface area (Å²) in [7, 11) is 0. The van der Waals surface area contributed by atoms with E-state index in [4.69, 9.17) is 0 Å². The van der Waals surface area contributed by atoms with E-state index < -0.39 is 0 Å². The lowest BCUT2D eigenvalue weighted by atomic mass is 9.78. The molecule has 1 saturated carbocycles. The van der Waals surface area contributed by atoms with E-state index in [0.29, 0.717) is 5.92 Å². The number of anilines is 1. The largest absolute Gasteiger partial charge is 0.396 e. The van der Waals surface area contributed by atoms with Gasteiger partial charge in [-0.25, -0.2) is 9.97 Å². The molecule has 0 bridgehead atoms. The molecular weight excluding hydrogens is 250 g/mol. The predicted octanol–water partition coefficient (Wildman–Crippen LogP) is 2.51. The topological polar surface area (TPSA) is 49.2 Å². The van der Waals surface area contributed by atoms with Crippen molar-refractivity contribution in [3.63, 3.8) is 0 Å². The average Bonchev–Trinajstić information content (AvgIpc) is 3.33. The van der Waals surface area contributed by atoms with Crippen molar-refractivity contribution in [2.24, 2.45) is 5.41 Å². The number of hydrogen-bond acceptors (Lipinski definition) is 4. The van der Waals surface area contributed by atoms with Gasteiger partial charge in [0.15, 0.2) is 0 Å². The maximum Gasteiger partial charge on any atom is 0.132 e. The second-order valence-electron chi connectivity index (χ2n) is 6.25. The normalized spacial score (nSPS) is 26.6. The fraction of sp³-hybridized carbons (Fsp3) is 0.625. The zero-order valence-electron chi connectivity index (χ0n) is 12.0. The summed E-state index contributed by atoms with van der Waals surface area (Å²) in [5.74, 6) is 1.67. The molecule has 1 unspecified atom stereocenters. The molecule has 1 N–H and O–H groups in total. The van der Waals surface area contributed by atoms with E-state index in [0.717, 1.165) is 38.2 Å². The van der Waals surface area contributed by atoms with Gasteiger partial charge in [-0.2, -0.15) is 0 Å². The summed E-state index contributed by atoms with van der Waals surface area (Å²) in [6, 6.07) is 2.14. The van der Waals surface area contributed by atoms with Crippen LogP contribution in [0.3, 0.4) is 0 Å². The van der Waals surface area contributed by atoms with Crippen LogP contribution < -0.4 is 4.90 Å². The highest BCUT2D eigenvalue weighted by molar-refractivity contribution is 5.41. The molecule has 0 amide bonds. The first kappa shape index (κ1) is 13.6. The van der Waals surface area contributed by atoms with Crippen LogP contribution in [0.2, 0.25) is 0 Å². The summed E-state index contributed by atoms with van der Waals surface area (Å²) in [6.45, 7) is 5.93. The van der Waals surface area contributed by atoms with Gasteiger partial charge < -0.3 is 10.0 Å². The number of aliphatic hydroxyl groups is 1. The number of aromatic nitrogens is 2. The molecule has 2 aliphatic rings. The van der Waals surface area contributed by atoms with Gasteiger partial charge in [0.05, 0.1) is 6.61 Å². The Morgan fingerprint density at radius 3 is 3.00 bits per heavy atom. The Kier molecular flexibility index (Phi) is 3.74. The SMILES string of the molecule is C=CCC1(CO)CCCN(c2cc(C3CC3)ncn2)C1. The Morgan fingerprint density at radius 2 is 2.30 bits per heavy atom. The Hall–Kier alpha value is -1.42. The van der Waals surface area contributed by atoms with Crippen LogP contribution in [0.4, 0.5) is 5.82 Å². The van der Waals surface area contributed by atoms with Crippen LogP contribution in [0, 0.1) is 5.41 Å². The third-order valence-electron chi connectivity index (χ3n) is 4.57. The van der Waals surface area contributed by atoms with Gasteiger partial charge in [-0.05, 0) is 32.1 Å². The molecule has 4 heteroatoms. The van der Waals surface area contributed by atoms with Crippen LogP contribution in [0.25, 0.3) is 0 Å². The van der Waals surface area contributed by atoms with E-state index >= 15 is 0 Å². The number of nitrogens with zero attached hydrogens (tertiary/aromatic N) is 3. The van der Waals surface area contributed by atoms with Crippen molar-refractivity contribution < 1.29 is 5.11 Å². The second kappa shape index (κ2) is 5.52. The highest BCUT2D eigenvalue weighted by Crippen LogP contribution is 2.40. The quantitative estimate of drug-likeness (QED) is 0.837. The molecule has 1 aliphatic carbocycles. The minimum Gasteiger partial charge on any atom is -0.396 e. The summed E-state index contributed by atoms with van der Waals surface area (Å²) < 4.78 is 0. The molecule has 1 atom stereocenters. The third kappa shape index (κ3) is 2.70. The molecule has 1 saturated heterocycles. The Morgan fingerprint density at radius 1 is 1.45 bits per heavy atom. The second-order valence-corrected chi connectivity index (χ2v) is 6.25.